The number of rotatable bonds is 7. The van der Waals surface area contributed by atoms with E-state index >= 15 is 0 Å². The van der Waals surface area contributed by atoms with Gasteiger partial charge in [0.2, 0.25) is 5.91 Å². The molecule has 1 aliphatic rings. The molecule has 0 spiro atoms. The molecule has 1 fully saturated rings. The lowest BCUT2D eigenvalue weighted by Crippen LogP contribution is -2.49. The molecule has 2 N–H and O–H groups in total. The van der Waals surface area contributed by atoms with E-state index in [2.05, 4.69) is 6.92 Å². The Kier molecular flexibility index (Phi) is 6.26. The molecule has 1 aliphatic heterocycles. The molecule has 0 radical (unpaired) electrons. The molecule has 0 aromatic heterocycles. The Morgan fingerprint density at radius 1 is 1.37 bits per heavy atom. The van der Waals surface area contributed by atoms with Crippen LogP contribution in [0.25, 0.3) is 0 Å². The Bertz CT molecular complexity index is 395. The standard InChI is InChI=1S/C13H26N2O3S/c1-3-5-8-15(13(16)12(14)6-4-2)11-7-9-19(17,18)10-11/h11-12H,3-10,14H2,1-2H3/t11?,12-/m0/s1. The number of carbonyl (C=O) groups is 1. The van der Waals surface area contributed by atoms with Gasteiger partial charge < -0.3 is 10.6 Å². The fourth-order valence-corrected chi connectivity index (χ4v) is 4.20. The lowest BCUT2D eigenvalue weighted by Gasteiger charge is -2.30. The van der Waals surface area contributed by atoms with Crippen LogP contribution in [-0.2, 0) is 14.6 Å². The molecule has 19 heavy (non-hydrogen) atoms. The molecule has 0 aromatic rings. The van der Waals surface area contributed by atoms with Crippen molar-refractivity contribution in [1.82, 2.24) is 4.90 Å². The predicted octanol–water partition coefficient (Wildman–Crippen LogP) is 0.930. The van der Waals surface area contributed by atoms with E-state index in [-0.39, 0.29) is 23.5 Å². The first kappa shape index (κ1) is 16.4. The van der Waals surface area contributed by atoms with E-state index in [1.807, 2.05) is 6.92 Å². The van der Waals surface area contributed by atoms with Crippen LogP contribution >= 0.6 is 0 Å². The third kappa shape index (κ3) is 4.76. The van der Waals surface area contributed by atoms with E-state index in [4.69, 9.17) is 5.73 Å². The molecule has 112 valence electrons. The van der Waals surface area contributed by atoms with Crippen LogP contribution < -0.4 is 5.73 Å². The number of carbonyl (C=O) groups excluding carboxylic acids is 1. The maximum absolute atomic E-state index is 12.3. The quantitative estimate of drug-likeness (QED) is 0.756. The second-order valence-electron chi connectivity index (χ2n) is 5.34. The minimum Gasteiger partial charge on any atom is -0.337 e. The highest BCUT2D eigenvalue weighted by Crippen LogP contribution is 2.19. The van der Waals surface area contributed by atoms with Crippen molar-refractivity contribution in [2.24, 2.45) is 5.73 Å². The molecule has 1 heterocycles. The Balaban J connectivity index is 2.74. The Hall–Kier alpha value is -0.620. The Labute approximate surface area is 116 Å². The van der Waals surface area contributed by atoms with Gasteiger partial charge >= 0.3 is 0 Å². The third-order valence-corrected chi connectivity index (χ3v) is 5.35. The van der Waals surface area contributed by atoms with Crippen molar-refractivity contribution in [3.05, 3.63) is 0 Å². The molecule has 1 saturated heterocycles. The minimum atomic E-state index is -2.97. The summed E-state index contributed by atoms with van der Waals surface area (Å²) in [5.41, 5.74) is 5.89. The van der Waals surface area contributed by atoms with Gasteiger partial charge in [0, 0.05) is 12.6 Å². The van der Waals surface area contributed by atoms with Gasteiger partial charge in [-0.25, -0.2) is 8.42 Å². The smallest absolute Gasteiger partial charge is 0.239 e. The maximum Gasteiger partial charge on any atom is 0.239 e. The summed E-state index contributed by atoms with van der Waals surface area (Å²) >= 11 is 0. The number of nitrogens with zero attached hydrogens (tertiary/aromatic N) is 1. The summed E-state index contributed by atoms with van der Waals surface area (Å²) in [5, 5.41) is 0. The van der Waals surface area contributed by atoms with Crippen LogP contribution in [0.5, 0.6) is 0 Å². The van der Waals surface area contributed by atoms with Crippen LogP contribution in [0, 0.1) is 0 Å². The molecule has 1 rings (SSSR count). The molecule has 1 amide bonds. The average Bonchev–Trinajstić information content (AvgIpc) is 2.70. The molecule has 1 unspecified atom stereocenters. The molecule has 6 heteroatoms. The van der Waals surface area contributed by atoms with Crippen molar-refractivity contribution < 1.29 is 13.2 Å². The molecule has 0 saturated carbocycles. The van der Waals surface area contributed by atoms with Crippen LogP contribution in [0.2, 0.25) is 0 Å². The van der Waals surface area contributed by atoms with Crippen molar-refractivity contribution in [2.45, 2.75) is 58.0 Å². The molecular formula is C13H26N2O3S. The summed E-state index contributed by atoms with van der Waals surface area (Å²) in [6.07, 6.45) is 3.93. The van der Waals surface area contributed by atoms with Crippen molar-refractivity contribution >= 4 is 15.7 Å². The summed E-state index contributed by atoms with van der Waals surface area (Å²) in [4.78, 5) is 14.1. The summed E-state index contributed by atoms with van der Waals surface area (Å²) < 4.78 is 23.1. The molecule has 5 nitrogen and oxygen atoms in total. The monoisotopic (exact) mass is 290 g/mol. The zero-order chi connectivity index (χ0) is 14.5. The Morgan fingerprint density at radius 3 is 2.53 bits per heavy atom. The van der Waals surface area contributed by atoms with Crippen LogP contribution in [0.4, 0.5) is 0 Å². The highest BCUT2D eigenvalue weighted by molar-refractivity contribution is 7.91. The molecule has 0 aliphatic carbocycles. The number of unbranched alkanes of at least 4 members (excludes halogenated alkanes) is 1. The number of nitrogens with two attached hydrogens (primary N) is 1. The van der Waals surface area contributed by atoms with Gasteiger partial charge in [0.1, 0.15) is 0 Å². The van der Waals surface area contributed by atoms with Gasteiger partial charge in [-0.1, -0.05) is 26.7 Å². The van der Waals surface area contributed by atoms with E-state index in [0.29, 0.717) is 19.4 Å². The van der Waals surface area contributed by atoms with E-state index in [0.717, 1.165) is 19.3 Å². The number of hydrogen-bond donors (Lipinski definition) is 1. The van der Waals surface area contributed by atoms with Crippen LogP contribution in [0.3, 0.4) is 0 Å². The van der Waals surface area contributed by atoms with Crippen molar-refractivity contribution in [3.8, 4) is 0 Å². The number of hydrogen-bond acceptors (Lipinski definition) is 4. The second-order valence-corrected chi connectivity index (χ2v) is 7.57. The molecule has 2 atom stereocenters. The molecule has 0 aromatic carbocycles. The summed E-state index contributed by atoms with van der Waals surface area (Å²) in [7, 11) is -2.97. The predicted molar refractivity (Wildman–Crippen MR) is 76.6 cm³/mol. The minimum absolute atomic E-state index is 0.0857. The highest BCUT2D eigenvalue weighted by Gasteiger charge is 2.35. The van der Waals surface area contributed by atoms with Crippen molar-refractivity contribution in [3.63, 3.8) is 0 Å². The Morgan fingerprint density at radius 2 is 2.05 bits per heavy atom. The van der Waals surface area contributed by atoms with Crippen molar-refractivity contribution in [1.29, 1.82) is 0 Å². The van der Waals surface area contributed by atoms with Gasteiger partial charge in [0.15, 0.2) is 9.84 Å². The topological polar surface area (TPSA) is 80.5 Å². The first-order valence-electron chi connectivity index (χ1n) is 7.17. The third-order valence-electron chi connectivity index (χ3n) is 3.60. The summed E-state index contributed by atoms with van der Waals surface area (Å²) in [6, 6.07) is -0.669. The largest absolute Gasteiger partial charge is 0.337 e. The number of sulfone groups is 1. The van der Waals surface area contributed by atoms with E-state index in [1.54, 1.807) is 4.90 Å². The molecule has 0 bridgehead atoms. The van der Waals surface area contributed by atoms with Gasteiger partial charge in [0.25, 0.3) is 0 Å². The summed E-state index contributed by atoms with van der Waals surface area (Å²) in [6.45, 7) is 4.66. The lowest BCUT2D eigenvalue weighted by atomic mass is 10.1. The molecular weight excluding hydrogens is 264 g/mol. The first-order chi connectivity index (χ1) is 8.91. The zero-order valence-electron chi connectivity index (χ0n) is 12.0. The van der Waals surface area contributed by atoms with E-state index in [9.17, 15) is 13.2 Å². The van der Waals surface area contributed by atoms with Crippen molar-refractivity contribution in [2.75, 3.05) is 18.1 Å². The lowest BCUT2D eigenvalue weighted by molar-refractivity contribution is -0.134. The van der Waals surface area contributed by atoms with Gasteiger partial charge in [-0.2, -0.15) is 0 Å². The maximum atomic E-state index is 12.3. The van der Waals surface area contributed by atoms with E-state index in [1.165, 1.54) is 0 Å². The highest BCUT2D eigenvalue weighted by atomic mass is 32.2. The normalized spacial score (nSPS) is 23.2. The van der Waals surface area contributed by atoms with Gasteiger partial charge in [-0.3, -0.25) is 4.79 Å². The van der Waals surface area contributed by atoms with Gasteiger partial charge in [0.05, 0.1) is 17.5 Å². The fraction of sp³-hybridized carbons (Fsp3) is 0.923. The zero-order valence-corrected chi connectivity index (χ0v) is 12.8. The van der Waals surface area contributed by atoms with Crippen LogP contribution in [0.15, 0.2) is 0 Å². The summed E-state index contributed by atoms with van der Waals surface area (Å²) in [5.74, 6) is 0.204. The fourth-order valence-electron chi connectivity index (χ4n) is 2.47. The van der Waals surface area contributed by atoms with E-state index < -0.39 is 15.9 Å². The van der Waals surface area contributed by atoms with Gasteiger partial charge in [-0.05, 0) is 19.3 Å². The number of amides is 1. The van der Waals surface area contributed by atoms with Crippen LogP contribution in [-0.4, -0.2) is 49.4 Å². The van der Waals surface area contributed by atoms with Gasteiger partial charge in [-0.15, -0.1) is 0 Å². The first-order valence-corrected chi connectivity index (χ1v) is 9.00. The second kappa shape index (κ2) is 7.24. The van der Waals surface area contributed by atoms with Crippen LogP contribution in [0.1, 0.15) is 46.0 Å². The average molecular weight is 290 g/mol. The SMILES string of the molecule is CCCCN(C(=O)[C@@H](N)CCC)C1CCS(=O)(=O)C1.